The van der Waals surface area contributed by atoms with Crippen LogP contribution in [-0.4, -0.2) is 31.9 Å². The Morgan fingerprint density at radius 1 is 1.57 bits per heavy atom. The fourth-order valence-electron chi connectivity index (χ4n) is 1.46. The molecule has 0 aromatic heterocycles. The molecule has 2 atom stereocenters. The van der Waals surface area contributed by atoms with E-state index in [1.807, 2.05) is 13.8 Å². The zero-order valence-electron chi connectivity index (χ0n) is 8.62. The summed E-state index contributed by atoms with van der Waals surface area (Å²) in [5.74, 6) is -0.254. The fraction of sp³-hybridized carbons (Fsp3) is 0.889. The Kier molecular flexibility index (Phi) is 3.53. The molecule has 0 aromatic carbocycles. The van der Waals surface area contributed by atoms with Gasteiger partial charge in [-0.25, -0.2) is 8.42 Å². The topological polar surface area (TPSA) is 63.2 Å². The summed E-state index contributed by atoms with van der Waals surface area (Å²) in [5.41, 5.74) is 0. The van der Waals surface area contributed by atoms with Crippen molar-refractivity contribution in [1.82, 2.24) is 5.32 Å². The van der Waals surface area contributed by atoms with Crippen LogP contribution in [-0.2, 0) is 14.6 Å². The van der Waals surface area contributed by atoms with Gasteiger partial charge < -0.3 is 5.32 Å². The second-order valence-electron chi connectivity index (χ2n) is 3.92. The van der Waals surface area contributed by atoms with Crippen LogP contribution in [0.2, 0.25) is 0 Å². The van der Waals surface area contributed by atoms with Gasteiger partial charge in [0.15, 0.2) is 9.84 Å². The molecule has 1 saturated heterocycles. The minimum absolute atomic E-state index is 0.0231. The Morgan fingerprint density at radius 2 is 2.21 bits per heavy atom. The van der Waals surface area contributed by atoms with Crippen molar-refractivity contribution < 1.29 is 13.2 Å². The summed E-state index contributed by atoms with van der Waals surface area (Å²) in [6, 6.07) is 0.130. The molecule has 1 N–H and O–H groups in total. The minimum Gasteiger partial charge on any atom is -0.353 e. The van der Waals surface area contributed by atoms with Gasteiger partial charge in [0.05, 0.1) is 17.4 Å². The molecule has 0 bridgehead atoms. The molecule has 1 aliphatic heterocycles. The van der Waals surface area contributed by atoms with Crippen molar-refractivity contribution in [1.29, 1.82) is 0 Å². The first-order valence-corrected chi connectivity index (χ1v) is 6.77. The Bertz CT molecular complexity index is 310. The SMILES string of the molecule is CCC(C)NC(=O)C1CCS(=O)(=O)C1. The number of carbonyl (C=O) groups excluding carboxylic acids is 1. The van der Waals surface area contributed by atoms with Crippen LogP contribution in [0.5, 0.6) is 0 Å². The van der Waals surface area contributed by atoms with Gasteiger partial charge in [-0.1, -0.05) is 6.92 Å². The molecule has 1 amide bonds. The van der Waals surface area contributed by atoms with Gasteiger partial charge >= 0.3 is 0 Å². The largest absolute Gasteiger partial charge is 0.353 e. The maximum absolute atomic E-state index is 11.5. The molecule has 1 aliphatic rings. The quantitative estimate of drug-likeness (QED) is 0.744. The average molecular weight is 219 g/mol. The van der Waals surface area contributed by atoms with E-state index < -0.39 is 9.84 Å². The smallest absolute Gasteiger partial charge is 0.224 e. The summed E-state index contributed by atoms with van der Waals surface area (Å²) < 4.78 is 22.2. The number of rotatable bonds is 3. The van der Waals surface area contributed by atoms with Gasteiger partial charge in [0.25, 0.3) is 0 Å². The number of nitrogens with one attached hydrogen (secondary N) is 1. The monoisotopic (exact) mass is 219 g/mol. The van der Waals surface area contributed by atoms with Gasteiger partial charge in [-0.3, -0.25) is 4.79 Å². The van der Waals surface area contributed by atoms with Crippen LogP contribution in [0.15, 0.2) is 0 Å². The molecule has 5 heteroatoms. The first-order valence-electron chi connectivity index (χ1n) is 4.95. The van der Waals surface area contributed by atoms with Crippen LogP contribution in [0.1, 0.15) is 26.7 Å². The second-order valence-corrected chi connectivity index (χ2v) is 6.15. The lowest BCUT2D eigenvalue weighted by molar-refractivity contribution is -0.124. The van der Waals surface area contributed by atoms with Gasteiger partial charge in [-0.15, -0.1) is 0 Å². The maximum atomic E-state index is 11.5. The number of amides is 1. The number of hydrogen-bond donors (Lipinski definition) is 1. The molecule has 0 aromatic rings. The van der Waals surface area contributed by atoms with E-state index in [-0.39, 0.29) is 29.4 Å². The number of carbonyl (C=O) groups is 1. The highest BCUT2D eigenvalue weighted by atomic mass is 32.2. The summed E-state index contributed by atoms with van der Waals surface area (Å²) in [7, 11) is -2.94. The molecule has 0 aliphatic carbocycles. The molecule has 4 nitrogen and oxygen atoms in total. The van der Waals surface area contributed by atoms with Crippen LogP contribution in [0.3, 0.4) is 0 Å². The van der Waals surface area contributed by atoms with E-state index >= 15 is 0 Å². The standard InChI is InChI=1S/C9H17NO3S/c1-3-7(2)10-9(11)8-4-5-14(12,13)6-8/h7-8H,3-6H2,1-2H3,(H,10,11). The summed E-state index contributed by atoms with van der Waals surface area (Å²) >= 11 is 0. The van der Waals surface area contributed by atoms with Crippen molar-refractivity contribution in [3.63, 3.8) is 0 Å². The molecule has 1 fully saturated rings. The third-order valence-electron chi connectivity index (χ3n) is 2.60. The highest BCUT2D eigenvalue weighted by Gasteiger charge is 2.33. The molecular weight excluding hydrogens is 202 g/mol. The molecule has 1 heterocycles. The second kappa shape index (κ2) is 4.29. The third-order valence-corrected chi connectivity index (χ3v) is 4.37. The lowest BCUT2D eigenvalue weighted by Gasteiger charge is -2.14. The van der Waals surface area contributed by atoms with Crippen LogP contribution in [0.25, 0.3) is 0 Å². The van der Waals surface area contributed by atoms with Gasteiger partial charge in [0, 0.05) is 6.04 Å². The number of hydrogen-bond acceptors (Lipinski definition) is 3. The predicted molar refractivity (Wildman–Crippen MR) is 54.7 cm³/mol. The highest BCUT2D eigenvalue weighted by Crippen LogP contribution is 2.18. The van der Waals surface area contributed by atoms with Crippen LogP contribution >= 0.6 is 0 Å². The summed E-state index contributed by atoms with van der Waals surface area (Å²) in [6.45, 7) is 3.90. The van der Waals surface area contributed by atoms with Crippen molar-refractivity contribution in [2.24, 2.45) is 5.92 Å². The zero-order valence-corrected chi connectivity index (χ0v) is 9.43. The van der Waals surface area contributed by atoms with Gasteiger partial charge in [0.1, 0.15) is 0 Å². The zero-order chi connectivity index (χ0) is 10.8. The van der Waals surface area contributed by atoms with Crippen LogP contribution in [0.4, 0.5) is 0 Å². The van der Waals surface area contributed by atoms with E-state index in [4.69, 9.17) is 0 Å². The maximum Gasteiger partial charge on any atom is 0.224 e. The molecule has 0 saturated carbocycles. The molecule has 2 unspecified atom stereocenters. The van der Waals surface area contributed by atoms with E-state index in [1.165, 1.54) is 0 Å². The normalized spacial score (nSPS) is 27.1. The molecule has 1 rings (SSSR count). The van der Waals surface area contributed by atoms with Crippen molar-refractivity contribution in [2.45, 2.75) is 32.7 Å². The molecule has 14 heavy (non-hydrogen) atoms. The van der Waals surface area contributed by atoms with E-state index in [9.17, 15) is 13.2 Å². The van der Waals surface area contributed by atoms with Crippen molar-refractivity contribution in [2.75, 3.05) is 11.5 Å². The minimum atomic E-state index is -2.94. The van der Waals surface area contributed by atoms with E-state index in [0.29, 0.717) is 6.42 Å². The summed E-state index contributed by atoms with van der Waals surface area (Å²) in [5, 5.41) is 2.81. The Labute approximate surface area is 85.0 Å². The van der Waals surface area contributed by atoms with Crippen LogP contribution in [0, 0.1) is 5.92 Å². The van der Waals surface area contributed by atoms with Crippen molar-refractivity contribution >= 4 is 15.7 Å². The predicted octanol–water partition coefficient (Wildman–Crippen LogP) is 0.336. The number of sulfone groups is 1. The molecule has 82 valence electrons. The molecular formula is C9H17NO3S. The van der Waals surface area contributed by atoms with E-state index in [0.717, 1.165) is 6.42 Å². The third kappa shape index (κ3) is 2.97. The molecule has 0 spiro atoms. The molecule has 0 radical (unpaired) electrons. The van der Waals surface area contributed by atoms with Crippen LogP contribution < -0.4 is 5.32 Å². The average Bonchev–Trinajstić information content (AvgIpc) is 2.46. The lowest BCUT2D eigenvalue weighted by atomic mass is 10.1. The van der Waals surface area contributed by atoms with Gasteiger partial charge in [-0.05, 0) is 19.8 Å². The van der Waals surface area contributed by atoms with Crippen molar-refractivity contribution in [3.05, 3.63) is 0 Å². The first kappa shape index (κ1) is 11.5. The van der Waals surface area contributed by atoms with Gasteiger partial charge in [0.2, 0.25) is 5.91 Å². The lowest BCUT2D eigenvalue weighted by Crippen LogP contribution is -2.37. The summed E-state index contributed by atoms with van der Waals surface area (Å²) in [6.07, 6.45) is 1.34. The summed E-state index contributed by atoms with van der Waals surface area (Å²) in [4.78, 5) is 11.5. The fourth-order valence-corrected chi connectivity index (χ4v) is 3.21. The Morgan fingerprint density at radius 3 is 2.64 bits per heavy atom. The van der Waals surface area contributed by atoms with Crippen molar-refractivity contribution in [3.8, 4) is 0 Å². The van der Waals surface area contributed by atoms with Gasteiger partial charge in [-0.2, -0.15) is 0 Å². The van der Waals surface area contributed by atoms with E-state index in [1.54, 1.807) is 0 Å². The Balaban J connectivity index is 2.48. The Hall–Kier alpha value is -0.580. The first-order chi connectivity index (χ1) is 6.44. The van der Waals surface area contributed by atoms with E-state index in [2.05, 4.69) is 5.32 Å². The highest BCUT2D eigenvalue weighted by molar-refractivity contribution is 7.91.